The van der Waals surface area contributed by atoms with Crippen molar-refractivity contribution in [2.24, 2.45) is 5.92 Å². The number of rotatable bonds is 5. The maximum atomic E-state index is 12.0. The maximum Gasteiger partial charge on any atom is 0.202 e. The van der Waals surface area contributed by atoms with Crippen LogP contribution < -0.4 is 0 Å². The van der Waals surface area contributed by atoms with E-state index in [1.165, 1.54) is 0 Å². The second-order valence-electron chi connectivity index (χ2n) is 4.63. The van der Waals surface area contributed by atoms with E-state index >= 15 is 0 Å². The summed E-state index contributed by atoms with van der Waals surface area (Å²) in [6.07, 6.45) is 1.20. The van der Waals surface area contributed by atoms with Gasteiger partial charge in [0.05, 0.1) is 19.8 Å². The molecule has 0 aromatic heterocycles. The fourth-order valence-electron chi connectivity index (χ4n) is 1.47. The van der Waals surface area contributed by atoms with Crippen molar-refractivity contribution in [1.29, 1.82) is 0 Å². The molecule has 16 heavy (non-hydrogen) atoms. The Balaban J connectivity index is 2.32. The van der Waals surface area contributed by atoms with Gasteiger partial charge in [-0.3, -0.25) is 4.57 Å². The molecule has 1 heterocycles. The minimum absolute atomic E-state index is 0.194. The van der Waals surface area contributed by atoms with Crippen molar-refractivity contribution in [1.82, 2.24) is 0 Å². The van der Waals surface area contributed by atoms with Crippen LogP contribution in [0.1, 0.15) is 27.7 Å². The molecule has 0 unspecified atom stereocenters. The zero-order valence-electron chi connectivity index (χ0n) is 10.7. The Labute approximate surface area is 98.1 Å². The smallest absolute Gasteiger partial charge is 0.202 e. The van der Waals surface area contributed by atoms with Gasteiger partial charge < -0.3 is 14.0 Å². The summed E-state index contributed by atoms with van der Waals surface area (Å²) in [5.74, 6) is -0.296. The Hall–Kier alpha value is 0.110. The molecule has 0 amide bonds. The molecule has 1 saturated heterocycles. The first-order valence-electron chi connectivity index (χ1n) is 5.91. The quantitative estimate of drug-likeness (QED) is 0.704. The van der Waals surface area contributed by atoms with Gasteiger partial charge in [-0.2, -0.15) is 0 Å². The highest BCUT2D eigenvalue weighted by Crippen LogP contribution is 2.46. The number of hydrogen-bond acceptors (Lipinski definition) is 4. The van der Waals surface area contributed by atoms with Gasteiger partial charge in [-0.15, -0.1) is 0 Å². The van der Waals surface area contributed by atoms with Crippen LogP contribution in [0.3, 0.4) is 0 Å². The van der Waals surface area contributed by atoms with Crippen LogP contribution >= 0.6 is 7.37 Å². The van der Waals surface area contributed by atoms with Crippen molar-refractivity contribution in [2.45, 2.75) is 33.5 Å². The number of hydrogen-bond donors (Lipinski definition) is 0. The van der Waals surface area contributed by atoms with Crippen molar-refractivity contribution in [3.8, 4) is 0 Å². The van der Waals surface area contributed by atoms with E-state index in [9.17, 15) is 4.57 Å². The molecule has 0 aromatic rings. The fraction of sp³-hybridized carbons (Fsp3) is 1.00. The van der Waals surface area contributed by atoms with Gasteiger partial charge in [-0.25, -0.2) is 0 Å². The van der Waals surface area contributed by atoms with E-state index in [0.717, 1.165) is 0 Å². The molecule has 1 aliphatic heterocycles. The van der Waals surface area contributed by atoms with E-state index in [2.05, 4.69) is 0 Å². The highest BCUT2D eigenvalue weighted by Gasteiger charge is 2.29. The molecule has 5 heteroatoms. The lowest BCUT2D eigenvalue weighted by Gasteiger charge is -2.35. The van der Waals surface area contributed by atoms with E-state index in [1.54, 1.807) is 0 Å². The topological polar surface area (TPSA) is 44.8 Å². The van der Waals surface area contributed by atoms with Crippen LogP contribution in [0.4, 0.5) is 0 Å². The van der Waals surface area contributed by atoms with Crippen LogP contribution in [-0.4, -0.2) is 37.9 Å². The van der Waals surface area contributed by atoms with Gasteiger partial charge in [0.1, 0.15) is 0 Å². The zero-order chi connectivity index (χ0) is 12.2. The first-order chi connectivity index (χ1) is 7.41. The molecule has 0 spiro atoms. The Bertz CT molecular complexity index is 247. The molecule has 96 valence electrons. The summed E-state index contributed by atoms with van der Waals surface area (Å²) < 4.78 is 28.6. The van der Waals surface area contributed by atoms with E-state index in [0.29, 0.717) is 32.1 Å². The maximum absolute atomic E-state index is 12.0. The summed E-state index contributed by atoms with van der Waals surface area (Å²) >= 11 is 0. The standard InChI is InChI=1S/C11H23O4P/c1-5-16(12,6-2)15-9-10-7-13-11(3,4)14-8-10/h10H,5-9H2,1-4H3. The van der Waals surface area contributed by atoms with Gasteiger partial charge in [0.2, 0.25) is 7.37 Å². The van der Waals surface area contributed by atoms with Crippen molar-refractivity contribution < 1.29 is 18.6 Å². The predicted octanol–water partition coefficient (Wildman–Crippen LogP) is 2.72. The lowest BCUT2D eigenvalue weighted by atomic mass is 10.1. The van der Waals surface area contributed by atoms with E-state index in [4.69, 9.17) is 14.0 Å². The second-order valence-corrected chi connectivity index (χ2v) is 7.78. The minimum atomic E-state index is -2.39. The Morgan fingerprint density at radius 3 is 2.19 bits per heavy atom. The summed E-state index contributed by atoms with van der Waals surface area (Å²) in [6, 6.07) is 0. The van der Waals surface area contributed by atoms with Crippen molar-refractivity contribution >= 4 is 7.37 Å². The summed E-state index contributed by atoms with van der Waals surface area (Å²) in [5, 5.41) is 0. The molecular weight excluding hydrogens is 227 g/mol. The van der Waals surface area contributed by atoms with Gasteiger partial charge in [0.15, 0.2) is 5.79 Å². The molecule has 0 saturated carbocycles. The molecular formula is C11H23O4P. The summed E-state index contributed by atoms with van der Waals surface area (Å²) in [6.45, 7) is 9.29. The minimum Gasteiger partial charge on any atom is -0.350 e. The van der Waals surface area contributed by atoms with Gasteiger partial charge in [0, 0.05) is 18.2 Å². The molecule has 0 atom stereocenters. The molecule has 1 aliphatic rings. The Morgan fingerprint density at radius 2 is 1.75 bits per heavy atom. The fourth-order valence-corrected chi connectivity index (χ4v) is 2.77. The molecule has 0 radical (unpaired) electrons. The van der Waals surface area contributed by atoms with E-state index < -0.39 is 13.2 Å². The van der Waals surface area contributed by atoms with Gasteiger partial charge in [-0.1, -0.05) is 13.8 Å². The van der Waals surface area contributed by atoms with E-state index in [1.807, 2.05) is 27.7 Å². The van der Waals surface area contributed by atoms with Crippen molar-refractivity contribution in [2.75, 3.05) is 32.1 Å². The number of ether oxygens (including phenoxy) is 2. The summed E-state index contributed by atoms with van der Waals surface area (Å²) in [7, 11) is -2.39. The van der Waals surface area contributed by atoms with Crippen LogP contribution in [0.15, 0.2) is 0 Å². The summed E-state index contributed by atoms with van der Waals surface area (Å²) in [5.41, 5.74) is 0. The molecule has 0 N–H and O–H groups in total. The largest absolute Gasteiger partial charge is 0.350 e. The van der Waals surface area contributed by atoms with Gasteiger partial charge in [-0.05, 0) is 13.8 Å². The first kappa shape index (κ1) is 14.2. The van der Waals surface area contributed by atoms with Crippen LogP contribution in [-0.2, 0) is 18.6 Å². The van der Waals surface area contributed by atoms with Crippen LogP contribution in [0, 0.1) is 5.92 Å². The molecule has 0 bridgehead atoms. The Kier molecular flexibility index (Phi) is 4.99. The monoisotopic (exact) mass is 250 g/mol. The second kappa shape index (κ2) is 5.63. The third-order valence-corrected chi connectivity index (χ3v) is 5.39. The average Bonchev–Trinajstić information content (AvgIpc) is 2.27. The molecule has 0 aliphatic carbocycles. The first-order valence-corrected chi connectivity index (χ1v) is 7.91. The highest BCUT2D eigenvalue weighted by molar-refractivity contribution is 7.58. The SMILES string of the molecule is CCP(=O)(CC)OCC1COC(C)(C)OC1. The zero-order valence-corrected chi connectivity index (χ0v) is 11.6. The third kappa shape index (κ3) is 4.17. The van der Waals surface area contributed by atoms with Crippen LogP contribution in [0.5, 0.6) is 0 Å². The Morgan fingerprint density at radius 1 is 1.25 bits per heavy atom. The summed E-state index contributed by atoms with van der Waals surface area (Å²) in [4.78, 5) is 0. The third-order valence-electron chi connectivity index (χ3n) is 2.84. The lowest BCUT2D eigenvalue weighted by Crippen LogP contribution is -2.40. The van der Waals surface area contributed by atoms with Crippen molar-refractivity contribution in [3.05, 3.63) is 0 Å². The van der Waals surface area contributed by atoms with Gasteiger partial charge >= 0.3 is 0 Å². The normalized spacial score (nSPS) is 22.2. The lowest BCUT2D eigenvalue weighted by molar-refractivity contribution is -0.264. The average molecular weight is 250 g/mol. The van der Waals surface area contributed by atoms with Crippen LogP contribution in [0.25, 0.3) is 0 Å². The molecule has 4 nitrogen and oxygen atoms in total. The molecule has 1 fully saturated rings. The van der Waals surface area contributed by atoms with E-state index in [-0.39, 0.29) is 5.92 Å². The molecule has 0 aromatic carbocycles. The predicted molar refractivity (Wildman–Crippen MR) is 64.1 cm³/mol. The highest BCUT2D eigenvalue weighted by atomic mass is 31.2. The van der Waals surface area contributed by atoms with Crippen LogP contribution in [0.2, 0.25) is 0 Å². The molecule has 1 rings (SSSR count). The van der Waals surface area contributed by atoms with Gasteiger partial charge in [0.25, 0.3) is 0 Å². The van der Waals surface area contributed by atoms with Crippen molar-refractivity contribution in [3.63, 3.8) is 0 Å².